The van der Waals surface area contributed by atoms with Crippen molar-refractivity contribution in [2.45, 2.75) is 57.8 Å². The Morgan fingerprint density at radius 2 is 1.53 bits per heavy atom. The van der Waals surface area contributed by atoms with E-state index in [1.807, 2.05) is 6.07 Å². The van der Waals surface area contributed by atoms with Crippen LogP contribution in [0.4, 0.5) is 0 Å². The topological polar surface area (TPSA) is 35.0 Å². The molecule has 4 rings (SSSR count). The molecule has 0 amide bonds. The Balaban J connectivity index is 1.42. The summed E-state index contributed by atoms with van der Waals surface area (Å²) in [6.07, 6.45) is 11.0. The van der Waals surface area contributed by atoms with Gasteiger partial charge in [0.25, 0.3) is 0 Å². The molecule has 30 heavy (non-hydrogen) atoms. The van der Waals surface area contributed by atoms with Gasteiger partial charge in [-0.15, -0.1) is 0 Å². The minimum atomic E-state index is 0.530. The van der Waals surface area contributed by atoms with Crippen LogP contribution >= 0.6 is 0 Å². The average Bonchev–Trinajstić information content (AvgIpc) is 2.81. The van der Waals surface area contributed by atoms with Gasteiger partial charge in [-0.05, 0) is 43.2 Å². The fourth-order valence-electron chi connectivity index (χ4n) is 4.33. The van der Waals surface area contributed by atoms with E-state index in [9.17, 15) is 0 Å². The van der Waals surface area contributed by atoms with Crippen molar-refractivity contribution in [3.05, 3.63) is 78.0 Å². The minimum Gasteiger partial charge on any atom is -0.463 e. The van der Waals surface area contributed by atoms with Gasteiger partial charge in [-0.3, -0.25) is 0 Å². The molecule has 1 heterocycles. The van der Waals surface area contributed by atoms with E-state index in [-0.39, 0.29) is 0 Å². The third kappa shape index (κ3) is 6.16. The Hall–Kier alpha value is -2.68. The summed E-state index contributed by atoms with van der Waals surface area (Å²) in [7, 11) is 0. The normalized spacial score (nSPS) is 14.5. The van der Waals surface area contributed by atoms with Gasteiger partial charge in [0.1, 0.15) is 0 Å². The molecular weight excluding hydrogens is 368 g/mol. The van der Waals surface area contributed by atoms with Crippen LogP contribution in [-0.2, 0) is 12.8 Å². The van der Waals surface area contributed by atoms with Crippen molar-refractivity contribution in [3.63, 3.8) is 0 Å². The van der Waals surface area contributed by atoms with Gasteiger partial charge in [-0.25, -0.2) is 4.98 Å². The van der Waals surface area contributed by atoms with Crippen molar-refractivity contribution in [2.75, 3.05) is 6.61 Å². The van der Waals surface area contributed by atoms with E-state index in [0.717, 1.165) is 48.6 Å². The number of benzene rings is 2. The molecular formula is C27H32N2O. The van der Waals surface area contributed by atoms with Gasteiger partial charge in [0.15, 0.2) is 0 Å². The molecule has 1 aliphatic carbocycles. The molecule has 156 valence electrons. The maximum Gasteiger partial charge on any atom is 0.317 e. The zero-order valence-electron chi connectivity index (χ0n) is 17.8. The van der Waals surface area contributed by atoms with Crippen LogP contribution in [0, 0.1) is 5.92 Å². The van der Waals surface area contributed by atoms with Crippen molar-refractivity contribution in [1.29, 1.82) is 0 Å². The molecule has 0 aliphatic heterocycles. The maximum absolute atomic E-state index is 6.05. The molecule has 0 bridgehead atoms. The molecule has 1 fully saturated rings. The summed E-state index contributed by atoms with van der Waals surface area (Å²) in [5.41, 5.74) is 4.50. The maximum atomic E-state index is 6.05. The lowest BCUT2D eigenvalue weighted by molar-refractivity contribution is 0.233. The number of hydrogen-bond acceptors (Lipinski definition) is 3. The first-order valence-corrected chi connectivity index (χ1v) is 11.5. The van der Waals surface area contributed by atoms with Crippen LogP contribution in [0.15, 0.2) is 66.7 Å². The van der Waals surface area contributed by atoms with Gasteiger partial charge >= 0.3 is 6.01 Å². The quantitative estimate of drug-likeness (QED) is 0.402. The van der Waals surface area contributed by atoms with Crippen molar-refractivity contribution >= 4 is 0 Å². The van der Waals surface area contributed by atoms with E-state index in [2.05, 4.69) is 60.7 Å². The molecule has 0 radical (unpaired) electrons. The van der Waals surface area contributed by atoms with Gasteiger partial charge in [-0.2, -0.15) is 4.98 Å². The fraction of sp³-hybridized carbons (Fsp3) is 0.407. The fourth-order valence-corrected chi connectivity index (χ4v) is 4.33. The van der Waals surface area contributed by atoms with Crippen LogP contribution in [0.25, 0.3) is 11.3 Å². The molecule has 0 atom stereocenters. The molecule has 0 unspecified atom stereocenters. The zero-order valence-corrected chi connectivity index (χ0v) is 17.8. The highest BCUT2D eigenvalue weighted by Crippen LogP contribution is 2.26. The number of rotatable bonds is 9. The second kappa shape index (κ2) is 10.9. The molecule has 0 saturated heterocycles. The second-order valence-electron chi connectivity index (χ2n) is 8.37. The van der Waals surface area contributed by atoms with Crippen molar-refractivity contribution in [1.82, 2.24) is 9.97 Å². The van der Waals surface area contributed by atoms with E-state index in [4.69, 9.17) is 14.7 Å². The van der Waals surface area contributed by atoms with Crippen LogP contribution in [0.1, 0.15) is 56.2 Å². The molecule has 1 aromatic heterocycles. The van der Waals surface area contributed by atoms with Gasteiger partial charge in [0.2, 0.25) is 0 Å². The summed E-state index contributed by atoms with van der Waals surface area (Å²) in [5, 5.41) is 0. The molecule has 0 N–H and O–H groups in total. The van der Waals surface area contributed by atoms with E-state index in [0.29, 0.717) is 12.6 Å². The van der Waals surface area contributed by atoms with Gasteiger partial charge in [0.05, 0.1) is 12.3 Å². The summed E-state index contributed by atoms with van der Waals surface area (Å²) < 4.78 is 6.05. The molecule has 2 aromatic carbocycles. The van der Waals surface area contributed by atoms with E-state index >= 15 is 0 Å². The van der Waals surface area contributed by atoms with Crippen molar-refractivity contribution in [2.24, 2.45) is 5.92 Å². The Kier molecular flexibility index (Phi) is 7.49. The molecule has 3 heteroatoms. The van der Waals surface area contributed by atoms with Crippen molar-refractivity contribution in [3.8, 4) is 17.3 Å². The van der Waals surface area contributed by atoms with Crippen LogP contribution in [0.3, 0.4) is 0 Å². The lowest BCUT2D eigenvalue weighted by atomic mass is 9.87. The van der Waals surface area contributed by atoms with Gasteiger partial charge < -0.3 is 4.74 Å². The summed E-state index contributed by atoms with van der Waals surface area (Å²) in [6.45, 7) is 0.715. The smallest absolute Gasteiger partial charge is 0.317 e. The van der Waals surface area contributed by atoms with E-state index in [1.165, 1.54) is 37.7 Å². The summed E-state index contributed by atoms with van der Waals surface area (Å²) >= 11 is 0. The summed E-state index contributed by atoms with van der Waals surface area (Å²) in [6, 6.07) is 23.6. The number of ether oxygens (including phenoxy) is 1. The minimum absolute atomic E-state index is 0.530. The summed E-state index contributed by atoms with van der Waals surface area (Å²) in [4.78, 5) is 9.46. The van der Waals surface area contributed by atoms with Crippen LogP contribution < -0.4 is 4.74 Å². The summed E-state index contributed by atoms with van der Waals surface area (Å²) in [5.74, 6) is 0.807. The number of nitrogens with zero attached hydrogens (tertiary/aromatic N) is 2. The van der Waals surface area contributed by atoms with E-state index < -0.39 is 0 Å². The SMILES string of the molecule is c1ccc(CCCc2cc(-c3ccccc3)nc(OCCC3CCCCC3)n2)cc1. The number of aromatic nitrogens is 2. The predicted molar refractivity (Wildman–Crippen MR) is 123 cm³/mol. The lowest BCUT2D eigenvalue weighted by Gasteiger charge is -2.21. The number of aryl methyl sites for hydroxylation is 2. The molecule has 0 spiro atoms. The Bertz CT molecular complexity index is 889. The van der Waals surface area contributed by atoms with Crippen LogP contribution in [0.5, 0.6) is 6.01 Å². The van der Waals surface area contributed by atoms with Crippen LogP contribution in [-0.4, -0.2) is 16.6 Å². The molecule has 3 aromatic rings. The van der Waals surface area contributed by atoms with Gasteiger partial charge in [-0.1, -0.05) is 92.8 Å². The van der Waals surface area contributed by atoms with Crippen LogP contribution in [0.2, 0.25) is 0 Å². The lowest BCUT2D eigenvalue weighted by Crippen LogP contribution is -2.12. The largest absolute Gasteiger partial charge is 0.463 e. The van der Waals surface area contributed by atoms with Crippen molar-refractivity contribution < 1.29 is 4.74 Å². The third-order valence-electron chi connectivity index (χ3n) is 6.05. The average molecular weight is 401 g/mol. The first kappa shape index (κ1) is 20.6. The standard InChI is InChI=1S/C27H32N2O/c1-4-11-22(12-5-1)15-10-18-25-21-26(24-16-8-3-9-17-24)29-27(28-25)30-20-19-23-13-6-2-7-14-23/h1,3-5,8-9,11-12,16-17,21,23H,2,6-7,10,13-15,18-20H2. The van der Waals surface area contributed by atoms with Gasteiger partial charge in [0, 0.05) is 11.3 Å². The molecule has 3 nitrogen and oxygen atoms in total. The highest BCUT2D eigenvalue weighted by Gasteiger charge is 2.14. The van der Waals surface area contributed by atoms with E-state index in [1.54, 1.807) is 0 Å². The number of hydrogen-bond donors (Lipinski definition) is 0. The first-order valence-electron chi connectivity index (χ1n) is 11.5. The third-order valence-corrected chi connectivity index (χ3v) is 6.05. The first-order chi connectivity index (χ1) is 14.9. The monoisotopic (exact) mass is 400 g/mol. The highest BCUT2D eigenvalue weighted by atomic mass is 16.5. The predicted octanol–water partition coefficient (Wildman–Crippen LogP) is 6.67. The Morgan fingerprint density at radius 1 is 0.800 bits per heavy atom. The molecule has 1 saturated carbocycles. The Morgan fingerprint density at radius 3 is 2.30 bits per heavy atom. The second-order valence-corrected chi connectivity index (χ2v) is 8.37. The Labute approximate surface area is 180 Å². The zero-order chi connectivity index (χ0) is 20.4. The highest BCUT2D eigenvalue weighted by molar-refractivity contribution is 5.59. The molecule has 1 aliphatic rings.